The minimum absolute atomic E-state index is 0.118. The fourth-order valence-corrected chi connectivity index (χ4v) is 3.79. The Morgan fingerprint density at radius 3 is 2.74 bits per heavy atom. The number of carbonyl (C=O) groups is 3. The fourth-order valence-electron chi connectivity index (χ4n) is 3.79. The lowest BCUT2D eigenvalue weighted by molar-refractivity contribution is -0.136. The quantitative estimate of drug-likeness (QED) is 0.695. The molecule has 1 aromatic carbocycles. The Balaban J connectivity index is 1.81. The van der Waals surface area contributed by atoms with Gasteiger partial charge in [0.15, 0.2) is 0 Å². The van der Waals surface area contributed by atoms with Crippen molar-refractivity contribution in [2.45, 2.75) is 51.9 Å². The molecule has 2 aliphatic heterocycles. The summed E-state index contributed by atoms with van der Waals surface area (Å²) in [5.41, 5.74) is 2.80. The first-order valence-electron chi connectivity index (χ1n) is 9.56. The van der Waals surface area contributed by atoms with E-state index in [0.717, 1.165) is 30.8 Å². The predicted octanol–water partition coefficient (Wildman–Crippen LogP) is 0.877. The molecule has 0 aliphatic carbocycles. The molecule has 2 N–H and O–H groups in total. The van der Waals surface area contributed by atoms with E-state index in [9.17, 15) is 14.4 Å². The number of likely N-dealkylation sites (N-methyl/N-ethyl adjacent to an activating group) is 1. The van der Waals surface area contributed by atoms with Crippen LogP contribution in [-0.2, 0) is 22.7 Å². The smallest absolute Gasteiger partial charge is 0.255 e. The van der Waals surface area contributed by atoms with Crippen molar-refractivity contribution in [2.24, 2.45) is 0 Å². The highest BCUT2D eigenvalue weighted by Gasteiger charge is 2.39. The zero-order valence-electron chi connectivity index (χ0n) is 16.2. The van der Waals surface area contributed by atoms with E-state index < -0.39 is 6.04 Å². The van der Waals surface area contributed by atoms with Crippen LogP contribution in [0.25, 0.3) is 0 Å². The molecule has 0 aromatic heterocycles. The van der Waals surface area contributed by atoms with Gasteiger partial charge in [0.1, 0.15) is 6.04 Å². The molecule has 2 heterocycles. The number of benzene rings is 1. The lowest BCUT2D eigenvalue weighted by Crippen LogP contribution is -2.52. The summed E-state index contributed by atoms with van der Waals surface area (Å²) < 4.78 is 0. The first-order valence-corrected chi connectivity index (χ1v) is 9.56. The zero-order chi connectivity index (χ0) is 19.6. The number of piperidine rings is 1. The molecule has 0 saturated carbocycles. The Hall–Kier alpha value is -2.25. The van der Waals surface area contributed by atoms with Gasteiger partial charge in [-0.3, -0.25) is 24.6 Å². The Bertz CT molecular complexity index is 747. The third kappa shape index (κ3) is 4.04. The van der Waals surface area contributed by atoms with Crippen LogP contribution in [0, 0.1) is 0 Å². The second kappa shape index (κ2) is 8.19. The third-order valence-electron chi connectivity index (χ3n) is 5.43. The molecular formula is C20H28N4O3. The van der Waals surface area contributed by atoms with Crippen molar-refractivity contribution in [3.8, 4) is 0 Å². The van der Waals surface area contributed by atoms with Crippen molar-refractivity contribution < 1.29 is 14.4 Å². The SMILES string of the molecule is CNCCN(Cc1cccc2c1CN(C1CCC(=O)NC1=O)C2=O)C(C)C. The summed E-state index contributed by atoms with van der Waals surface area (Å²) in [6.07, 6.45) is 0.661. The van der Waals surface area contributed by atoms with Crippen molar-refractivity contribution >= 4 is 17.7 Å². The van der Waals surface area contributed by atoms with Crippen LogP contribution < -0.4 is 10.6 Å². The Kier molecular flexibility index (Phi) is 5.92. The van der Waals surface area contributed by atoms with Gasteiger partial charge in [-0.15, -0.1) is 0 Å². The number of fused-ring (bicyclic) bond motifs is 1. The van der Waals surface area contributed by atoms with Crippen molar-refractivity contribution in [3.63, 3.8) is 0 Å². The van der Waals surface area contributed by atoms with Crippen LogP contribution in [0.1, 0.15) is 48.2 Å². The normalized spacial score (nSPS) is 19.8. The van der Waals surface area contributed by atoms with Crippen LogP contribution >= 0.6 is 0 Å². The molecule has 1 aromatic rings. The lowest BCUT2D eigenvalue weighted by Gasteiger charge is -2.29. The average molecular weight is 372 g/mol. The van der Waals surface area contributed by atoms with Crippen molar-refractivity contribution in [1.82, 2.24) is 20.4 Å². The maximum atomic E-state index is 12.9. The summed E-state index contributed by atoms with van der Waals surface area (Å²) in [7, 11) is 1.94. The van der Waals surface area contributed by atoms with Gasteiger partial charge >= 0.3 is 0 Å². The van der Waals surface area contributed by atoms with Gasteiger partial charge in [0.25, 0.3) is 5.91 Å². The molecule has 3 rings (SSSR count). The van der Waals surface area contributed by atoms with E-state index in [-0.39, 0.29) is 24.1 Å². The van der Waals surface area contributed by atoms with Gasteiger partial charge < -0.3 is 10.2 Å². The van der Waals surface area contributed by atoms with Crippen LogP contribution in [-0.4, -0.2) is 59.7 Å². The Morgan fingerprint density at radius 1 is 1.30 bits per heavy atom. The summed E-state index contributed by atoms with van der Waals surface area (Å²) in [6, 6.07) is 5.63. The molecule has 146 valence electrons. The van der Waals surface area contributed by atoms with E-state index in [0.29, 0.717) is 24.6 Å². The average Bonchev–Trinajstić information content (AvgIpc) is 2.96. The van der Waals surface area contributed by atoms with Gasteiger partial charge in [-0.1, -0.05) is 12.1 Å². The minimum atomic E-state index is -0.569. The van der Waals surface area contributed by atoms with E-state index in [1.807, 2.05) is 19.2 Å². The van der Waals surface area contributed by atoms with Gasteiger partial charge in [-0.2, -0.15) is 0 Å². The highest BCUT2D eigenvalue weighted by molar-refractivity contribution is 6.05. The number of amides is 3. The zero-order valence-corrected chi connectivity index (χ0v) is 16.2. The van der Waals surface area contributed by atoms with Crippen LogP contribution in [0.5, 0.6) is 0 Å². The molecule has 0 radical (unpaired) electrons. The standard InChI is InChI=1S/C20H28N4O3/c1-13(2)23(10-9-21-3)11-14-5-4-6-15-16(14)12-24(20(15)27)17-7-8-18(25)22-19(17)26/h4-6,13,17,21H,7-12H2,1-3H3,(H,22,25,26). The fraction of sp³-hybridized carbons (Fsp3) is 0.550. The molecule has 27 heavy (non-hydrogen) atoms. The summed E-state index contributed by atoms with van der Waals surface area (Å²) >= 11 is 0. The lowest BCUT2D eigenvalue weighted by atomic mass is 10.0. The summed E-state index contributed by atoms with van der Waals surface area (Å²) in [4.78, 5) is 40.5. The van der Waals surface area contributed by atoms with Gasteiger partial charge in [-0.05, 0) is 44.5 Å². The monoisotopic (exact) mass is 372 g/mol. The number of carbonyl (C=O) groups excluding carboxylic acids is 3. The number of rotatable bonds is 7. The highest BCUT2D eigenvalue weighted by atomic mass is 16.2. The predicted molar refractivity (Wildman–Crippen MR) is 102 cm³/mol. The molecule has 0 bridgehead atoms. The highest BCUT2D eigenvalue weighted by Crippen LogP contribution is 2.30. The number of hydrogen-bond acceptors (Lipinski definition) is 5. The van der Waals surface area contributed by atoms with Gasteiger partial charge in [0.2, 0.25) is 11.8 Å². The minimum Gasteiger partial charge on any atom is -0.322 e. The van der Waals surface area contributed by atoms with E-state index in [1.165, 1.54) is 0 Å². The Labute approximate surface area is 160 Å². The van der Waals surface area contributed by atoms with Crippen LogP contribution in [0.4, 0.5) is 0 Å². The number of hydrogen-bond donors (Lipinski definition) is 2. The van der Waals surface area contributed by atoms with Crippen LogP contribution in [0.2, 0.25) is 0 Å². The van der Waals surface area contributed by atoms with E-state index >= 15 is 0 Å². The topological polar surface area (TPSA) is 81.8 Å². The van der Waals surface area contributed by atoms with E-state index in [1.54, 1.807) is 4.90 Å². The molecule has 1 atom stereocenters. The molecule has 2 aliphatic rings. The molecule has 1 saturated heterocycles. The van der Waals surface area contributed by atoms with E-state index in [4.69, 9.17) is 0 Å². The van der Waals surface area contributed by atoms with Gasteiger partial charge in [0.05, 0.1) is 0 Å². The molecule has 1 unspecified atom stereocenters. The summed E-state index contributed by atoms with van der Waals surface area (Å²) in [6.45, 7) is 7.34. The number of nitrogens with one attached hydrogen (secondary N) is 2. The first-order chi connectivity index (χ1) is 12.9. The molecule has 3 amide bonds. The molecule has 1 fully saturated rings. The number of imide groups is 1. The molecule has 7 nitrogen and oxygen atoms in total. The van der Waals surface area contributed by atoms with Crippen molar-refractivity contribution in [2.75, 3.05) is 20.1 Å². The maximum Gasteiger partial charge on any atom is 0.255 e. The number of nitrogens with zero attached hydrogens (tertiary/aromatic N) is 2. The van der Waals surface area contributed by atoms with Crippen molar-refractivity contribution in [1.29, 1.82) is 0 Å². The molecule has 7 heteroatoms. The summed E-state index contributed by atoms with van der Waals surface area (Å²) in [5.74, 6) is -0.752. The van der Waals surface area contributed by atoms with E-state index in [2.05, 4.69) is 35.4 Å². The largest absolute Gasteiger partial charge is 0.322 e. The van der Waals surface area contributed by atoms with Gasteiger partial charge in [-0.25, -0.2) is 0 Å². The van der Waals surface area contributed by atoms with Crippen LogP contribution in [0.3, 0.4) is 0 Å². The van der Waals surface area contributed by atoms with Crippen molar-refractivity contribution in [3.05, 3.63) is 34.9 Å². The molecule has 0 spiro atoms. The first kappa shape index (κ1) is 19.5. The molecular weight excluding hydrogens is 344 g/mol. The third-order valence-corrected chi connectivity index (χ3v) is 5.43. The van der Waals surface area contributed by atoms with Crippen LogP contribution in [0.15, 0.2) is 18.2 Å². The Morgan fingerprint density at radius 2 is 2.07 bits per heavy atom. The van der Waals surface area contributed by atoms with Gasteiger partial charge in [0, 0.05) is 44.2 Å². The maximum absolute atomic E-state index is 12.9. The second-order valence-electron chi connectivity index (χ2n) is 7.51. The second-order valence-corrected chi connectivity index (χ2v) is 7.51. The summed E-state index contributed by atoms with van der Waals surface area (Å²) in [5, 5.41) is 5.53.